The Balaban J connectivity index is 1.60. The van der Waals surface area contributed by atoms with Gasteiger partial charge in [-0.15, -0.1) is 0 Å². The maximum absolute atomic E-state index is 12.4. The van der Waals surface area contributed by atoms with Gasteiger partial charge in [0.15, 0.2) is 11.5 Å². The molecular weight excluding hydrogens is 467 g/mol. The first-order chi connectivity index (χ1) is 15.9. The van der Waals surface area contributed by atoms with Crippen LogP contribution in [0.1, 0.15) is 21.5 Å². The molecule has 0 aromatic heterocycles. The molecule has 0 unspecified atom stereocenters. The molecule has 0 saturated heterocycles. The smallest absolute Gasteiger partial charge is 0.271 e. The van der Waals surface area contributed by atoms with E-state index < -0.39 is 0 Å². The Morgan fingerprint density at radius 3 is 2.18 bits per heavy atom. The number of halogens is 2. The van der Waals surface area contributed by atoms with E-state index in [-0.39, 0.29) is 12.5 Å². The first-order valence-corrected chi connectivity index (χ1v) is 10.5. The molecule has 0 spiro atoms. The first-order valence-electron chi connectivity index (χ1n) is 9.75. The number of benzene rings is 3. The van der Waals surface area contributed by atoms with Crippen molar-refractivity contribution in [3.05, 3.63) is 81.3 Å². The van der Waals surface area contributed by atoms with Gasteiger partial charge in [-0.3, -0.25) is 4.79 Å². The Kier molecular flexibility index (Phi) is 8.40. The van der Waals surface area contributed by atoms with Crippen LogP contribution in [0, 0.1) is 0 Å². The van der Waals surface area contributed by atoms with E-state index >= 15 is 0 Å². The second-order valence-corrected chi connectivity index (χ2v) is 7.55. The number of ether oxygens (including phenoxy) is 4. The number of hydrazone groups is 1. The summed E-state index contributed by atoms with van der Waals surface area (Å²) in [4.78, 5) is 12.4. The van der Waals surface area contributed by atoms with E-state index in [9.17, 15) is 4.79 Å². The number of amides is 1. The van der Waals surface area contributed by atoms with Crippen molar-refractivity contribution in [1.29, 1.82) is 0 Å². The van der Waals surface area contributed by atoms with E-state index in [0.29, 0.717) is 44.2 Å². The monoisotopic (exact) mass is 488 g/mol. The molecule has 9 heteroatoms. The molecule has 0 aliphatic heterocycles. The molecule has 172 valence electrons. The van der Waals surface area contributed by atoms with Gasteiger partial charge in [0.1, 0.15) is 12.4 Å². The average molecular weight is 489 g/mol. The summed E-state index contributed by atoms with van der Waals surface area (Å²) in [7, 11) is 4.58. The molecular formula is C24H22Cl2N2O5. The fourth-order valence-corrected chi connectivity index (χ4v) is 3.37. The SMILES string of the molecule is COc1cc(/C=N\NC(=O)c2ccc(OCc3ccc(Cl)cc3Cl)cc2)cc(OC)c1OC. The van der Waals surface area contributed by atoms with Gasteiger partial charge in [-0.2, -0.15) is 5.10 Å². The standard InChI is InChI=1S/C24H22Cl2N2O5/c1-30-21-10-15(11-22(31-2)23(21)32-3)13-27-28-24(29)16-5-8-19(9-6-16)33-14-17-4-7-18(25)12-20(17)26/h4-13H,14H2,1-3H3,(H,28,29)/b27-13-. The molecule has 3 aromatic rings. The van der Waals surface area contributed by atoms with Gasteiger partial charge < -0.3 is 18.9 Å². The number of hydrogen-bond acceptors (Lipinski definition) is 6. The van der Waals surface area contributed by atoms with Gasteiger partial charge in [0.25, 0.3) is 5.91 Å². The molecule has 1 N–H and O–H groups in total. The second-order valence-electron chi connectivity index (χ2n) is 6.71. The number of carbonyl (C=O) groups excluding carboxylic acids is 1. The summed E-state index contributed by atoms with van der Waals surface area (Å²) < 4.78 is 21.6. The minimum atomic E-state index is -0.369. The van der Waals surface area contributed by atoms with Crippen LogP contribution in [-0.4, -0.2) is 33.5 Å². The van der Waals surface area contributed by atoms with Crippen LogP contribution in [0.15, 0.2) is 59.7 Å². The lowest BCUT2D eigenvalue weighted by Gasteiger charge is -2.12. The molecule has 33 heavy (non-hydrogen) atoms. The Morgan fingerprint density at radius 1 is 0.939 bits per heavy atom. The van der Waals surface area contributed by atoms with Gasteiger partial charge in [0.05, 0.1) is 27.5 Å². The number of hydrogen-bond donors (Lipinski definition) is 1. The summed E-state index contributed by atoms with van der Waals surface area (Å²) in [6.45, 7) is 0.278. The lowest BCUT2D eigenvalue weighted by molar-refractivity contribution is 0.0955. The van der Waals surface area contributed by atoms with Gasteiger partial charge in [0, 0.05) is 26.7 Å². The highest BCUT2D eigenvalue weighted by Gasteiger charge is 2.12. The topological polar surface area (TPSA) is 78.4 Å². The molecule has 0 aliphatic carbocycles. The largest absolute Gasteiger partial charge is 0.493 e. The number of rotatable bonds is 9. The van der Waals surface area contributed by atoms with Crippen LogP contribution < -0.4 is 24.4 Å². The minimum Gasteiger partial charge on any atom is -0.493 e. The van der Waals surface area contributed by atoms with Gasteiger partial charge >= 0.3 is 0 Å². The van der Waals surface area contributed by atoms with Crippen molar-refractivity contribution in [2.75, 3.05) is 21.3 Å². The molecule has 0 saturated carbocycles. The van der Waals surface area contributed by atoms with Crippen LogP contribution in [0.4, 0.5) is 0 Å². The predicted octanol–water partition coefficient (Wildman–Crippen LogP) is 5.36. The second kappa shape index (κ2) is 11.4. The fourth-order valence-electron chi connectivity index (χ4n) is 2.91. The Bertz CT molecular complexity index is 1130. The van der Waals surface area contributed by atoms with E-state index in [1.165, 1.54) is 27.5 Å². The van der Waals surface area contributed by atoms with E-state index in [2.05, 4.69) is 10.5 Å². The third-order valence-electron chi connectivity index (χ3n) is 4.59. The summed E-state index contributed by atoms with van der Waals surface area (Å²) in [5.74, 6) is 1.67. The molecule has 0 atom stereocenters. The zero-order valence-corrected chi connectivity index (χ0v) is 19.7. The predicted molar refractivity (Wildman–Crippen MR) is 128 cm³/mol. The van der Waals surface area contributed by atoms with Gasteiger partial charge in [-0.1, -0.05) is 29.3 Å². The summed E-state index contributed by atoms with van der Waals surface area (Å²) in [6.07, 6.45) is 1.48. The van der Waals surface area contributed by atoms with E-state index in [4.69, 9.17) is 42.1 Å². The van der Waals surface area contributed by atoms with Gasteiger partial charge in [0.2, 0.25) is 5.75 Å². The first kappa shape index (κ1) is 24.2. The Morgan fingerprint density at radius 2 is 1.61 bits per heavy atom. The van der Waals surface area contributed by atoms with Crippen LogP contribution in [0.5, 0.6) is 23.0 Å². The third-order valence-corrected chi connectivity index (χ3v) is 5.18. The van der Waals surface area contributed by atoms with Crippen molar-refractivity contribution in [1.82, 2.24) is 5.43 Å². The van der Waals surface area contributed by atoms with Crippen LogP contribution in [-0.2, 0) is 6.61 Å². The molecule has 0 bridgehead atoms. The highest BCUT2D eigenvalue weighted by molar-refractivity contribution is 6.35. The van der Waals surface area contributed by atoms with Crippen molar-refractivity contribution < 1.29 is 23.7 Å². The molecule has 1 amide bonds. The summed E-state index contributed by atoms with van der Waals surface area (Å²) in [5.41, 5.74) is 4.38. The highest BCUT2D eigenvalue weighted by Crippen LogP contribution is 2.37. The van der Waals surface area contributed by atoms with Crippen LogP contribution >= 0.6 is 23.2 Å². The van der Waals surface area contributed by atoms with Crippen molar-refractivity contribution in [2.45, 2.75) is 6.61 Å². The molecule has 0 aliphatic rings. The average Bonchev–Trinajstić information content (AvgIpc) is 2.83. The van der Waals surface area contributed by atoms with Crippen LogP contribution in [0.2, 0.25) is 10.0 Å². The zero-order chi connectivity index (χ0) is 23.8. The number of nitrogens with one attached hydrogen (secondary N) is 1. The Hall–Kier alpha value is -3.42. The van der Waals surface area contributed by atoms with Crippen molar-refractivity contribution in [2.24, 2.45) is 5.10 Å². The molecule has 0 fully saturated rings. The summed E-state index contributed by atoms with van der Waals surface area (Å²) >= 11 is 12.1. The number of methoxy groups -OCH3 is 3. The third kappa shape index (κ3) is 6.31. The van der Waals surface area contributed by atoms with Gasteiger partial charge in [-0.05, 0) is 48.5 Å². The summed E-state index contributed by atoms with van der Waals surface area (Å²) in [5, 5.41) is 5.10. The van der Waals surface area contributed by atoms with E-state index in [1.807, 2.05) is 0 Å². The molecule has 3 rings (SSSR count). The maximum Gasteiger partial charge on any atom is 0.271 e. The minimum absolute atomic E-state index is 0.278. The normalized spacial score (nSPS) is 10.7. The van der Waals surface area contributed by atoms with Crippen molar-refractivity contribution in [3.8, 4) is 23.0 Å². The molecule has 0 radical (unpaired) electrons. The molecule has 7 nitrogen and oxygen atoms in total. The highest BCUT2D eigenvalue weighted by atomic mass is 35.5. The van der Waals surface area contributed by atoms with Crippen molar-refractivity contribution in [3.63, 3.8) is 0 Å². The van der Waals surface area contributed by atoms with Gasteiger partial charge in [-0.25, -0.2) is 5.43 Å². The number of nitrogens with zero attached hydrogens (tertiary/aromatic N) is 1. The molecule has 0 heterocycles. The fraction of sp³-hybridized carbons (Fsp3) is 0.167. The zero-order valence-electron chi connectivity index (χ0n) is 18.2. The maximum atomic E-state index is 12.4. The quantitative estimate of drug-likeness (QED) is 0.323. The van der Waals surface area contributed by atoms with E-state index in [1.54, 1.807) is 54.6 Å². The van der Waals surface area contributed by atoms with Crippen LogP contribution in [0.3, 0.4) is 0 Å². The lowest BCUT2D eigenvalue weighted by atomic mass is 10.2. The lowest BCUT2D eigenvalue weighted by Crippen LogP contribution is -2.17. The number of carbonyl (C=O) groups is 1. The van der Waals surface area contributed by atoms with Crippen LogP contribution in [0.25, 0.3) is 0 Å². The summed E-state index contributed by atoms with van der Waals surface area (Å²) in [6, 6.07) is 15.3. The molecule has 3 aromatic carbocycles. The van der Waals surface area contributed by atoms with E-state index in [0.717, 1.165) is 5.56 Å². The van der Waals surface area contributed by atoms with Crippen molar-refractivity contribution >= 4 is 35.3 Å². The Labute approximate surface area is 201 Å².